The number of rotatable bonds is 3. The van der Waals surface area contributed by atoms with Gasteiger partial charge in [-0.3, -0.25) is 4.55 Å². The van der Waals surface area contributed by atoms with Crippen molar-refractivity contribution in [2.24, 2.45) is 0 Å². The van der Waals surface area contributed by atoms with Crippen LogP contribution in [0.4, 0.5) is 0 Å². The molecular weight excluding hydrogens is 252 g/mol. The number of ether oxygens (including phenoxy) is 1. The molecule has 1 aliphatic rings. The predicted molar refractivity (Wildman–Crippen MR) is 62.9 cm³/mol. The molecule has 0 spiro atoms. The van der Waals surface area contributed by atoms with E-state index in [9.17, 15) is 8.42 Å². The quantitative estimate of drug-likeness (QED) is 0.847. The van der Waals surface area contributed by atoms with E-state index < -0.39 is 15.4 Å². The number of benzene rings is 1. The zero-order valence-electron chi connectivity index (χ0n) is 8.66. The van der Waals surface area contributed by atoms with Gasteiger partial charge in [0.2, 0.25) is 0 Å². The first-order chi connectivity index (χ1) is 7.02. The number of hydrogen-bond donors (Lipinski definition) is 1. The summed E-state index contributed by atoms with van der Waals surface area (Å²) >= 11 is 0. The zero-order valence-corrected chi connectivity index (χ0v) is 10.3. The maximum atomic E-state index is 10.8. The van der Waals surface area contributed by atoms with Crippen LogP contribution in [0.2, 0.25) is 0 Å². The van der Waals surface area contributed by atoms with E-state index in [2.05, 4.69) is 0 Å². The summed E-state index contributed by atoms with van der Waals surface area (Å²) in [5.74, 6) is 0.675. The Morgan fingerprint density at radius 2 is 1.88 bits per heavy atom. The van der Waals surface area contributed by atoms with Crippen LogP contribution in [0.25, 0.3) is 0 Å². The molecule has 0 aliphatic heterocycles. The lowest BCUT2D eigenvalue weighted by Crippen LogP contribution is -2.05. The van der Waals surface area contributed by atoms with Gasteiger partial charge in [-0.1, -0.05) is 12.1 Å². The van der Waals surface area contributed by atoms with Crippen molar-refractivity contribution >= 4 is 22.5 Å². The van der Waals surface area contributed by atoms with Gasteiger partial charge in [-0.25, -0.2) is 0 Å². The molecule has 2 atom stereocenters. The highest BCUT2D eigenvalue weighted by molar-refractivity contribution is 7.86. The van der Waals surface area contributed by atoms with Crippen LogP contribution in [0, 0.1) is 0 Å². The van der Waals surface area contributed by atoms with Gasteiger partial charge in [0.25, 0.3) is 10.1 Å². The molecule has 1 aliphatic carbocycles. The molecule has 1 saturated carbocycles. The average Bonchev–Trinajstić information content (AvgIpc) is 2.97. The van der Waals surface area contributed by atoms with E-state index in [0.717, 1.165) is 11.3 Å². The summed E-state index contributed by atoms with van der Waals surface area (Å²) in [7, 11) is -2.30. The number of methoxy groups -OCH3 is 1. The van der Waals surface area contributed by atoms with Crippen LogP contribution in [0.1, 0.15) is 17.9 Å². The summed E-state index contributed by atoms with van der Waals surface area (Å²) < 4.78 is 35.5. The fourth-order valence-electron chi connectivity index (χ4n) is 1.70. The van der Waals surface area contributed by atoms with E-state index in [1.54, 1.807) is 19.2 Å². The van der Waals surface area contributed by atoms with Crippen LogP contribution in [0.5, 0.6) is 5.75 Å². The third-order valence-electron chi connectivity index (χ3n) is 2.66. The van der Waals surface area contributed by atoms with Crippen molar-refractivity contribution in [2.45, 2.75) is 17.6 Å². The van der Waals surface area contributed by atoms with Gasteiger partial charge in [0.1, 0.15) is 5.75 Å². The highest BCUT2D eigenvalue weighted by atomic mass is 35.5. The largest absolute Gasteiger partial charge is 0.497 e. The van der Waals surface area contributed by atoms with Gasteiger partial charge in [-0.05, 0) is 24.1 Å². The minimum atomic E-state index is -3.87. The molecule has 0 aromatic heterocycles. The van der Waals surface area contributed by atoms with Crippen molar-refractivity contribution in [1.29, 1.82) is 0 Å². The first-order valence-electron chi connectivity index (χ1n) is 4.62. The Morgan fingerprint density at radius 3 is 2.25 bits per heavy atom. The first-order valence-corrected chi connectivity index (χ1v) is 6.13. The molecule has 4 nitrogen and oxygen atoms in total. The van der Waals surface area contributed by atoms with Crippen molar-refractivity contribution < 1.29 is 17.7 Å². The maximum Gasteiger partial charge on any atom is 0.268 e. The van der Waals surface area contributed by atoms with Gasteiger partial charge in [0.15, 0.2) is 0 Å². The summed E-state index contributed by atoms with van der Waals surface area (Å²) in [5, 5.41) is -0.620. The molecule has 1 aromatic carbocycles. The summed E-state index contributed by atoms with van der Waals surface area (Å²) in [6.45, 7) is 0. The minimum absolute atomic E-state index is 0. The molecule has 0 saturated heterocycles. The summed E-state index contributed by atoms with van der Waals surface area (Å²) in [5.41, 5.74) is 0.929. The summed E-state index contributed by atoms with van der Waals surface area (Å²) in [4.78, 5) is 0. The Kier molecular flexibility index (Phi) is 3.83. The maximum absolute atomic E-state index is 10.8. The normalized spacial score (nSPS) is 23.4. The second-order valence-corrected chi connectivity index (χ2v) is 5.30. The van der Waals surface area contributed by atoms with Crippen molar-refractivity contribution in [1.82, 2.24) is 0 Å². The number of hydrogen-bond acceptors (Lipinski definition) is 3. The standard InChI is InChI=1S/C10H12O4S.ClH/c1-14-8-4-2-7(3-5-8)9-6-10(9)15(11,12)13;/h2-5,9-10H,6H2,1H3,(H,11,12,13);1H. The van der Waals surface area contributed by atoms with Crippen molar-refractivity contribution in [3.8, 4) is 5.75 Å². The van der Waals surface area contributed by atoms with Crippen LogP contribution in [0.15, 0.2) is 24.3 Å². The Labute approximate surface area is 101 Å². The molecular formula is C10H13ClO4S. The summed E-state index contributed by atoms with van der Waals surface area (Å²) in [6, 6.07) is 7.23. The second kappa shape index (κ2) is 4.61. The Bertz CT molecular complexity index is 454. The Morgan fingerprint density at radius 1 is 1.31 bits per heavy atom. The lowest BCUT2D eigenvalue weighted by atomic mass is 10.1. The highest BCUT2D eigenvalue weighted by Crippen LogP contribution is 2.45. The number of halogens is 1. The van der Waals surface area contributed by atoms with Crippen LogP contribution < -0.4 is 4.74 Å². The Hall–Kier alpha value is -0.780. The fourth-order valence-corrected chi connectivity index (χ4v) is 2.73. The van der Waals surface area contributed by atoms with E-state index in [0.29, 0.717) is 6.42 Å². The van der Waals surface area contributed by atoms with Crippen molar-refractivity contribution in [3.63, 3.8) is 0 Å². The van der Waals surface area contributed by atoms with E-state index >= 15 is 0 Å². The lowest BCUT2D eigenvalue weighted by Gasteiger charge is -2.01. The van der Waals surface area contributed by atoms with Crippen molar-refractivity contribution in [2.75, 3.05) is 7.11 Å². The average molecular weight is 265 g/mol. The molecule has 1 N–H and O–H groups in total. The van der Waals surface area contributed by atoms with Gasteiger partial charge >= 0.3 is 0 Å². The third kappa shape index (κ3) is 2.66. The van der Waals surface area contributed by atoms with E-state index in [1.807, 2.05) is 12.1 Å². The molecule has 0 radical (unpaired) electrons. The molecule has 0 amide bonds. The smallest absolute Gasteiger partial charge is 0.268 e. The molecule has 16 heavy (non-hydrogen) atoms. The minimum Gasteiger partial charge on any atom is -0.497 e. The molecule has 0 bridgehead atoms. The predicted octanol–water partition coefficient (Wildman–Crippen LogP) is 1.86. The van der Waals surface area contributed by atoms with E-state index in [1.165, 1.54) is 0 Å². The molecule has 0 heterocycles. The molecule has 1 aromatic rings. The molecule has 2 unspecified atom stereocenters. The van der Waals surface area contributed by atoms with Gasteiger partial charge < -0.3 is 4.74 Å². The molecule has 1 fully saturated rings. The fraction of sp³-hybridized carbons (Fsp3) is 0.400. The Balaban J connectivity index is 0.00000128. The van der Waals surface area contributed by atoms with Gasteiger partial charge in [0.05, 0.1) is 12.4 Å². The third-order valence-corrected chi connectivity index (χ3v) is 3.94. The zero-order chi connectivity index (χ0) is 11.1. The van der Waals surface area contributed by atoms with E-state index in [4.69, 9.17) is 9.29 Å². The van der Waals surface area contributed by atoms with Gasteiger partial charge in [-0.2, -0.15) is 8.42 Å². The van der Waals surface area contributed by atoms with Gasteiger partial charge in [0, 0.05) is 5.92 Å². The van der Waals surface area contributed by atoms with Gasteiger partial charge in [-0.15, -0.1) is 12.4 Å². The monoisotopic (exact) mass is 264 g/mol. The highest BCUT2D eigenvalue weighted by Gasteiger charge is 2.47. The van der Waals surface area contributed by atoms with Crippen LogP contribution in [0.3, 0.4) is 0 Å². The topological polar surface area (TPSA) is 63.6 Å². The lowest BCUT2D eigenvalue weighted by molar-refractivity contribution is 0.414. The van der Waals surface area contributed by atoms with Crippen LogP contribution >= 0.6 is 12.4 Å². The van der Waals surface area contributed by atoms with Crippen molar-refractivity contribution in [3.05, 3.63) is 29.8 Å². The summed E-state index contributed by atoms with van der Waals surface area (Å²) in [6.07, 6.45) is 0.505. The molecule has 2 rings (SSSR count). The molecule has 90 valence electrons. The van der Waals surface area contributed by atoms with Crippen LogP contribution in [-0.2, 0) is 10.1 Å². The molecule has 6 heteroatoms. The first kappa shape index (κ1) is 13.3. The SMILES string of the molecule is COc1ccc(C2CC2S(=O)(=O)O)cc1.Cl. The van der Waals surface area contributed by atoms with E-state index in [-0.39, 0.29) is 18.3 Å². The van der Waals surface area contributed by atoms with Crippen LogP contribution in [-0.4, -0.2) is 25.3 Å². The second-order valence-electron chi connectivity index (χ2n) is 3.67.